The van der Waals surface area contributed by atoms with Gasteiger partial charge in [0.05, 0.1) is 5.69 Å². The van der Waals surface area contributed by atoms with Crippen LogP contribution in [-0.4, -0.2) is 64.3 Å². The predicted octanol–water partition coefficient (Wildman–Crippen LogP) is 0.730. The molecule has 2 atom stereocenters. The van der Waals surface area contributed by atoms with Crippen molar-refractivity contribution in [1.29, 1.82) is 0 Å². The van der Waals surface area contributed by atoms with Crippen LogP contribution in [0.5, 0.6) is 0 Å². The number of guanidine groups is 1. The van der Waals surface area contributed by atoms with E-state index in [2.05, 4.69) is 0 Å². The molecule has 3 heterocycles. The number of nitrogens with zero attached hydrogens (tertiary/aromatic N) is 5. The first kappa shape index (κ1) is 18.0. The summed E-state index contributed by atoms with van der Waals surface area (Å²) >= 11 is 0. The second-order valence-electron chi connectivity index (χ2n) is 7.30. The third kappa shape index (κ3) is 2.39. The van der Waals surface area contributed by atoms with Crippen LogP contribution in [0.25, 0.3) is 0 Å². The smallest absolute Gasteiger partial charge is 0.328 e. The van der Waals surface area contributed by atoms with Gasteiger partial charge < -0.3 is 15.5 Å². The molecule has 28 heavy (non-hydrogen) atoms. The van der Waals surface area contributed by atoms with E-state index >= 15 is 0 Å². The van der Waals surface area contributed by atoms with Gasteiger partial charge in [-0.3, -0.25) is 19.4 Å². The average molecular weight is 382 g/mol. The fourth-order valence-electron chi connectivity index (χ4n) is 3.93. The molecule has 9 nitrogen and oxygen atoms in total. The zero-order valence-corrected chi connectivity index (χ0v) is 16.2. The minimum Gasteiger partial charge on any atom is -0.368 e. The molecule has 1 saturated heterocycles. The second kappa shape index (κ2) is 6.08. The third-order valence-electron chi connectivity index (χ3n) is 5.52. The molecule has 4 rings (SSSR count). The Morgan fingerprint density at radius 1 is 1.21 bits per heavy atom. The van der Waals surface area contributed by atoms with Crippen molar-refractivity contribution >= 4 is 29.5 Å². The van der Waals surface area contributed by atoms with Crippen LogP contribution in [0.3, 0.4) is 0 Å². The number of fused-ring (bicyclic) bond motifs is 3. The Hall–Kier alpha value is -3.36. The number of benzene rings is 1. The SMILES string of the molecule is CC1=CN2C(=NC3C2C(=O)N(CC(N)=O)C(=O)N3C)N1c1cccc(C)c1C. The number of hydrogen-bond donors (Lipinski definition) is 1. The van der Waals surface area contributed by atoms with Crippen molar-refractivity contribution in [2.75, 3.05) is 18.5 Å². The lowest BCUT2D eigenvalue weighted by atomic mass is 10.1. The number of carbonyl (C=O) groups excluding carboxylic acids is 3. The van der Waals surface area contributed by atoms with Gasteiger partial charge >= 0.3 is 6.03 Å². The van der Waals surface area contributed by atoms with Gasteiger partial charge in [0.15, 0.2) is 12.2 Å². The summed E-state index contributed by atoms with van der Waals surface area (Å²) in [5.74, 6) is -0.620. The first-order valence-electron chi connectivity index (χ1n) is 8.99. The summed E-state index contributed by atoms with van der Waals surface area (Å²) in [5, 5.41) is 0. The molecule has 0 aromatic heterocycles. The van der Waals surface area contributed by atoms with Crippen molar-refractivity contribution in [3.63, 3.8) is 0 Å². The van der Waals surface area contributed by atoms with Gasteiger partial charge in [-0.2, -0.15) is 0 Å². The van der Waals surface area contributed by atoms with Crippen LogP contribution in [0.15, 0.2) is 35.1 Å². The standard InChI is InChI=1S/C19H22N6O3/c1-10-6-5-7-13(12(10)3)25-11(2)8-23-15-16(21-18(23)25)22(4)19(28)24(17(15)27)9-14(20)26/h5-8,15-16H,9H2,1-4H3,(H2,20,26). The van der Waals surface area contributed by atoms with E-state index in [4.69, 9.17) is 10.7 Å². The van der Waals surface area contributed by atoms with Gasteiger partial charge in [0, 0.05) is 18.9 Å². The molecule has 0 radical (unpaired) electrons. The molecular weight excluding hydrogens is 360 g/mol. The summed E-state index contributed by atoms with van der Waals surface area (Å²) in [7, 11) is 1.57. The molecule has 1 aromatic carbocycles. The van der Waals surface area contributed by atoms with Crippen molar-refractivity contribution in [1.82, 2.24) is 14.7 Å². The molecule has 3 aliphatic heterocycles. The number of amides is 4. The Morgan fingerprint density at radius 2 is 1.93 bits per heavy atom. The van der Waals surface area contributed by atoms with E-state index in [1.807, 2.05) is 50.1 Å². The van der Waals surface area contributed by atoms with E-state index in [0.29, 0.717) is 5.96 Å². The number of imide groups is 1. The molecule has 0 aliphatic carbocycles. The van der Waals surface area contributed by atoms with Gasteiger partial charge in [0.1, 0.15) is 6.54 Å². The number of allylic oxidation sites excluding steroid dienone is 1. The van der Waals surface area contributed by atoms with E-state index in [9.17, 15) is 14.4 Å². The minimum absolute atomic E-state index is 0.447. The zero-order valence-electron chi connectivity index (χ0n) is 16.2. The maximum Gasteiger partial charge on any atom is 0.328 e. The van der Waals surface area contributed by atoms with Crippen LogP contribution in [0.2, 0.25) is 0 Å². The topological polar surface area (TPSA) is 103 Å². The molecule has 1 fully saturated rings. The molecule has 146 valence electrons. The number of primary amides is 1. The van der Waals surface area contributed by atoms with Crippen molar-refractivity contribution in [3.8, 4) is 0 Å². The van der Waals surface area contributed by atoms with Gasteiger partial charge in [-0.1, -0.05) is 12.1 Å². The van der Waals surface area contributed by atoms with E-state index in [-0.39, 0.29) is 0 Å². The van der Waals surface area contributed by atoms with Gasteiger partial charge in [0.25, 0.3) is 5.91 Å². The number of aliphatic imine (C=N–C) groups is 1. The van der Waals surface area contributed by atoms with Gasteiger partial charge in [0.2, 0.25) is 11.9 Å². The Labute approximate surface area is 162 Å². The van der Waals surface area contributed by atoms with Crippen molar-refractivity contribution in [2.24, 2.45) is 10.7 Å². The molecule has 0 bridgehead atoms. The van der Waals surface area contributed by atoms with Gasteiger partial charge in [-0.15, -0.1) is 0 Å². The lowest BCUT2D eigenvalue weighted by molar-refractivity contribution is -0.139. The van der Waals surface area contributed by atoms with Crippen LogP contribution in [-0.2, 0) is 9.59 Å². The number of aryl methyl sites for hydroxylation is 1. The Morgan fingerprint density at radius 3 is 2.61 bits per heavy atom. The van der Waals surface area contributed by atoms with Crippen molar-refractivity contribution < 1.29 is 14.4 Å². The number of anilines is 1. The van der Waals surface area contributed by atoms with Crippen LogP contribution < -0.4 is 10.6 Å². The normalized spacial score (nSPS) is 23.7. The van der Waals surface area contributed by atoms with Crippen LogP contribution in [0.4, 0.5) is 10.5 Å². The van der Waals surface area contributed by atoms with Crippen molar-refractivity contribution in [2.45, 2.75) is 33.0 Å². The Bertz CT molecular complexity index is 968. The summed E-state index contributed by atoms with van der Waals surface area (Å²) in [6.07, 6.45) is 1.20. The third-order valence-corrected chi connectivity index (χ3v) is 5.52. The first-order chi connectivity index (χ1) is 13.2. The minimum atomic E-state index is -0.738. The monoisotopic (exact) mass is 382 g/mol. The van der Waals surface area contributed by atoms with E-state index < -0.39 is 36.6 Å². The lowest BCUT2D eigenvalue weighted by Crippen LogP contribution is -2.65. The molecule has 9 heteroatoms. The fourth-order valence-corrected chi connectivity index (χ4v) is 3.93. The summed E-state index contributed by atoms with van der Waals surface area (Å²) in [4.78, 5) is 47.7. The van der Waals surface area contributed by atoms with Crippen LogP contribution in [0.1, 0.15) is 18.1 Å². The zero-order chi connectivity index (χ0) is 20.3. The average Bonchev–Trinajstić information content (AvgIpc) is 3.14. The number of rotatable bonds is 3. The summed E-state index contributed by atoms with van der Waals surface area (Å²) in [5.41, 5.74) is 9.38. The second-order valence-corrected chi connectivity index (χ2v) is 7.30. The molecule has 2 unspecified atom stereocenters. The van der Waals surface area contributed by atoms with Gasteiger partial charge in [-0.05, 0) is 38.0 Å². The highest BCUT2D eigenvalue weighted by molar-refractivity contribution is 6.11. The quantitative estimate of drug-likeness (QED) is 0.830. The molecule has 3 aliphatic rings. The van der Waals surface area contributed by atoms with E-state index in [1.165, 1.54) is 4.90 Å². The number of hydrogen-bond acceptors (Lipinski definition) is 6. The molecular formula is C19H22N6O3. The fraction of sp³-hybridized carbons (Fsp3) is 0.368. The number of nitrogens with two attached hydrogens (primary N) is 1. The lowest BCUT2D eigenvalue weighted by Gasteiger charge is -2.39. The molecule has 0 saturated carbocycles. The summed E-state index contributed by atoms with van der Waals surface area (Å²) in [6, 6.07) is 4.73. The Balaban J connectivity index is 1.75. The maximum absolute atomic E-state index is 13.0. The highest BCUT2D eigenvalue weighted by Gasteiger charge is 2.54. The first-order valence-corrected chi connectivity index (χ1v) is 8.99. The summed E-state index contributed by atoms with van der Waals surface area (Å²) in [6.45, 7) is 5.58. The number of carbonyl (C=O) groups is 3. The maximum atomic E-state index is 13.0. The highest BCUT2D eigenvalue weighted by atomic mass is 16.2. The van der Waals surface area contributed by atoms with Crippen LogP contribution >= 0.6 is 0 Å². The molecule has 1 aromatic rings. The highest BCUT2D eigenvalue weighted by Crippen LogP contribution is 2.37. The molecule has 2 N–H and O–H groups in total. The summed E-state index contributed by atoms with van der Waals surface area (Å²) < 4.78 is 0. The molecule has 4 amide bonds. The number of urea groups is 1. The van der Waals surface area contributed by atoms with E-state index in [1.54, 1.807) is 11.9 Å². The van der Waals surface area contributed by atoms with Gasteiger partial charge in [-0.25, -0.2) is 9.79 Å². The Kier molecular flexibility index (Phi) is 3.91. The molecule has 0 spiro atoms. The predicted molar refractivity (Wildman–Crippen MR) is 103 cm³/mol. The van der Waals surface area contributed by atoms with Crippen LogP contribution in [0, 0.1) is 13.8 Å². The largest absolute Gasteiger partial charge is 0.368 e. The van der Waals surface area contributed by atoms with Crippen molar-refractivity contribution in [3.05, 3.63) is 41.2 Å². The van der Waals surface area contributed by atoms with E-state index in [0.717, 1.165) is 27.4 Å². The number of likely N-dealkylation sites (N-methyl/N-ethyl adjacent to an activating group) is 1.